The number of guanidine groups is 1. The summed E-state index contributed by atoms with van der Waals surface area (Å²) in [6.07, 6.45) is 0.919. The van der Waals surface area contributed by atoms with E-state index in [0.29, 0.717) is 23.9 Å². The number of carbonyl (C=O) groups is 1. The molecule has 0 aromatic heterocycles. The predicted molar refractivity (Wildman–Crippen MR) is 106 cm³/mol. The highest BCUT2D eigenvalue weighted by atomic mass is 16.5. The van der Waals surface area contributed by atoms with Crippen molar-refractivity contribution in [3.05, 3.63) is 23.8 Å². The summed E-state index contributed by atoms with van der Waals surface area (Å²) in [7, 11) is 3.32. The van der Waals surface area contributed by atoms with Crippen molar-refractivity contribution in [2.24, 2.45) is 10.9 Å². The fourth-order valence-electron chi connectivity index (χ4n) is 2.26. The zero-order valence-electron chi connectivity index (χ0n) is 16.5. The van der Waals surface area contributed by atoms with Crippen LogP contribution in [0.4, 0.5) is 5.69 Å². The summed E-state index contributed by atoms with van der Waals surface area (Å²) in [5, 5.41) is 9.30. The second-order valence-corrected chi connectivity index (χ2v) is 6.39. The summed E-state index contributed by atoms with van der Waals surface area (Å²) in [6, 6.07) is 5.68. The van der Waals surface area contributed by atoms with Gasteiger partial charge in [0.25, 0.3) is 0 Å². The zero-order chi connectivity index (χ0) is 19.4. The van der Waals surface area contributed by atoms with Gasteiger partial charge in [-0.25, -0.2) is 0 Å². The Kier molecular flexibility index (Phi) is 10.2. The lowest BCUT2D eigenvalue weighted by atomic mass is 10.2. The first kappa shape index (κ1) is 21.8. The molecule has 0 fully saturated rings. The van der Waals surface area contributed by atoms with Crippen molar-refractivity contribution in [1.82, 2.24) is 10.6 Å². The van der Waals surface area contributed by atoms with E-state index in [2.05, 4.69) is 34.8 Å². The van der Waals surface area contributed by atoms with Crippen molar-refractivity contribution >= 4 is 17.6 Å². The van der Waals surface area contributed by atoms with Crippen LogP contribution in [0, 0.1) is 5.92 Å². The number of amides is 1. The molecule has 1 aromatic rings. The number of carbonyl (C=O) groups excluding carboxylic acids is 1. The molecule has 7 nitrogen and oxygen atoms in total. The van der Waals surface area contributed by atoms with Crippen LogP contribution in [0.3, 0.4) is 0 Å². The van der Waals surface area contributed by atoms with Crippen molar-refractivity contribution in [3.8, 4) is 5.75 Å². The van der Waals surface area contributed by atoms with Gasteiger partial charge in [0.1, 0.15) is 5.75 Å². The van der Waals surface area contributed by atoms with E-state index in [0.717, 1.165) is 37.7 Å². The van der Waals surface area contributed by atoms with E-state index in [4.69, 9.17) is 9.47 Å². The molecule has 0 atom stereocenters. The number of aliphatic imine (C=N–C) groups is 1. The van der Waals surface area contributed by atoms with Gasteiger partial charge in [0.05, 0.1) is 12.8 Å². The average molecular weight is 364 g/mol. The number of nitrogens with one attached hydrogen (secondary N) is 3. The van der Waals surface area contributed by atoms with Gasteiger partial charge in [-0.2, -0.15) is 0 Å². The first-order valence-electron chi connectivity index (χ1n) is 8.93. The zero-order valence-corrected chi connectivity index (χ0v) is 16.5. The van der Waals surface area contributed by atoms with Crippen molar-refractivity contribution in [1.29, 1.82) is 0 Å². The number of nitrogens with zero attached hydrogens (tertiary/aromatic N) is 1. The molecule has 3 N–H and O–H groups in total. The third kappa shape index (κ3) is 8.71. The molecule has 146 valence electrons. The molecule has 0 spiro atoms. The second-order valence-electron chi connectivity index (χ2n) is 6.39. The third-order valence-corrected chi connectivity index (χ3v) is 3.47. The van der Waals surface area contributed by atoms with Crippen molar-refractivity contribution in [2.45, 2.75) is 33.7 Å². The molecule has 0 bridgehead atoms. The minimum Gasteiger partial charge on any atom is -0.495 e. The van der Waals surface area contributed by atoms with E-state index in [9.17, 15) is 4.79 Å². The molecular formula is C19H32N4O3. The molecule has 0 unspecified atom stereocenters. The molecular weight excluding hydrogens is 332 g/mol. The lowest BCUT2D eigenvalue weighted by Gasteiger charge is -2.14. The molecule has 0 aliphatic heterocycles. The summed E-state index contributed by atoms with van der Waals surface area (Å²) < 4.78 is 10.8. The Balaban J connectivity index is 2.44. The minimum absolute atomic E-state index is 0.134. The van der Waals surface area contributed by atoms with Gasteiger partial charge in [-0.15, -0.1) is 0 Å². The van der Waals surface area contributed by atoms with Crippen LogP contribution >= 0.6 is 0 Å². The number of hydrogen-bond acceptors (Lipinski definition) is 4. The predicted octanol–water partition coefficient (Wildman–Crippen LogP) is 2.38. The smallest absolute Gasteiger partial charge is 0.221 e. The Morgan fingerprint density at radius 1 is 1.27 bits per heavy atom. The number of methoxy groups -OCH3 is 1. The van der Waals surface area contributed by atoms with Gasteiger partial charge >= 0.3 is 0 Å². The first-order valence-corrected chi connectivity index (χ1v) is 8.93. The normalized spacial score (nSPS) is 11.4. The van der Waals surface area contributed by atoms with Crippen molar-refractivity contribution in [3.63, 3.8) is 0 Å². The Hall–Kier alpha value is -2.28. The number of anilines is 1. The van der Waals surface area contributed by atoms with E-state index >= 15 is 0 Å². The third-order valence-electron chi connectivity index (χ3n) is 3.47. The fraction of sp³-hybridized carbons (Fsp3) is 0.579. The maximum absolute atomic E-state index is 11.3. The van der Waals surface area contributed by atoms with E-state index in [1.165, 1.54) is 6.92 Å². The Morgan fingerprint density at radius 2 is 2.04 bits per heavy atom. The Bertz CT molecular complexity index is 588. The Morgan fingerprint density at radius 3 is 2.65 bits per heavy atom. The summed E-state index contributed by atoms with van der Waals surface area (Å²) in [5.74, 6) is 1.79. The second kappa shape index (κ2) is 12.1. The van der Waals surface area contributed by atoms with Crippen LogP contribution < -0.4 is 20.7 Å². The first-order chi connectivity index (χ1) is 12.5. The average Bonchev–Trinajstić information content (AvgIpc) is 2.60. The molecule has 0 aliphatic carbocycles. The summed E-state index contributed by atoms with van der Waals surface area (Å²) in [4.78, 5) is 15.5. The van der Waals surface area contributed by atoms with Crippen LogP contribution in [-0.4, -0.2) is 45.8 Å². The molecule has 0 saturated carbocycles. The standard InChI is InChI=1S/C19H32N4O3/c1-14(2)13-26-10-6-9-21-19(20-4)22-12-16-7-8-18(25-5)17(11-16)23-15(3)24/h7-8,11,14H,6,9-10,12-13H2,1-5H3,(H,23,24)(H2,20,21,22). The molecule has 1 aromatic carbocycles. The highest BCUT2D eigenvalue weighted by molar-refractivity contribution is 5.90. The Labute approximate surface area is 156 Å². The topological polar surface area (TPSA) is 84.0 Å². The summed E-state index contributed by atoms with van der Waals surface area (Å²) >= 11 is 0. The van der Waals surface area contributed by atoms with Crippen LogP contribution in [0.2, 0.25) is 0 Å². The van der Waals surface area contributed by atoms with Gasteiger partial charge in [0.15, 0.2) is 5.96 Å². The van der Waals surface area contributed by atoms with Crippen LogP contribution in [-0.2, 0) is 16.1 Å². The van der Waals surface area contributed by atoms with Crippen LogP contribution in [0.5, 0.6) is 5.75 Å². The molecule has 0 heterocycles. The largest absolute Gasteiger partial charge is 0.495 e. The van der Waals surface area contributed by atoms with Gasteiger partial charge in [-0.3, -0.25) is 9.79 Å². The molecule has 1 rings (SSSR count). The van der Waals surface area contributed by atoms with Gasteiger partial charge in [-0.05, 0) is 30.0 Å². The number of rotatable bonds is 10. The molecule has 0 saturated heterocycles. The maximum atomic E-state index is 11.3. The molecule has 0 aliphatic rings. The van der Waals surface area contributed by atoms with E-state index in [-0.39, 0.29) is 5.91 Å². The molecule has 7 heteroatoms. The van der Waals surface area contributed by atoms with Crippen LogP contribution in [0.1, 0.15) is 32.8 Å². The van der Waals surface area contributed by atoms with Crippen molar-refractivity contribution in [2.75, 3.05) is 39.2 Å². The maximum Gasteiger partial charge on any atom is 0.221 e. The minimum atomic E-state index is -0.134. The lowest BCUT2D eigenvalue weighted by molar-refractivity contribution is -0.114. The SMILES string of the molecule is CN=C(NCCCOCC(C)C)NCc1ccc(OC)c(NC(C)=O)c1. The molecule has 1 amide bonds. The number of benzene rings is 1. The van der Waals surface area contributed by atoms with Crippen LogP contribution in [0.25, 0.3) is 0 Å². The number of ether oxygens (including phenoxy) is 2. The van der Waals surface area contributed by atoms with Crippen molar-refractivity contribution < 1.29 is 14.3 Å². The number of hydrogen-bond donors (Lipinski definition) is 3. The highest BCUT2D eigenvalue weighted by Crippen LogP contribution is 2.25. The van der Waals surface area contributed by atoms with Crippen LogP contribution in [0.15, 0.2) is 23.2 Å². The van der Waals surface area contributed by atoms with Gasteiger partial charge in [-0.1, -0.05) is 19.9 Å². The quantitative estimate of drug-likeness (QED) is 0.337. The highest BCUT2D eigenvalue weighted by Gasteiger charge is 2.06. The van der Waals surface area contributed by atoms with Gasteiger partial charge < -0.3 is 25.4 Å². The summed E-state index contributed by atoms with van der Waals surface area (Å²) in [6.45, 7) is 8.65. The van der Waals surface area contributed by atoms with E-state index < -0.39 is 0 Å². The van der Waals surface area contributed by atoms with E-state index in [1.54, 1.807) is 14.2 Å². The van der Waals surface area contributed by atoms with Gasteiger partial charge in [0.2, 0.25) is 5.91 Å². The fourth-order valence-corrected chi connectivity index (χ4v) is 2.26. The molecule has 0 radical (unpaired) electrons. The van der Waals surface area contributed by atoms with Gasteiger partial charge in [0, 0.05) is 40.3 Å². The van der Waals surface area contributed by atoms with E-state index in [1.807, 2.05) is 18.2 Å². The monoisotopic (exact) mass is 364 g/mol. The summed E-state index contributed by atoms with van der Waals surface area (Å²) in [5.41, 5.74) is 1.67. The molecule has 26 heavy (non-hydrogen) atoms. The lowest BCUT2D eigenvalue weighted by Crippen LogP contribution is -2.37.